The highest BCUT2D eigenvalue weighted by Gasteiger charge is 2.60. The highest BCUT2D eigenvalue weighted by molar-refractivity contribution is 8.13. The van der Waals surface area contributed by atoms with Gasteiger partial charge in [0.1, 0.15) is 0 Å². The fraction of sp³-hybridized carbons (Fsp3) is 0.471. The number of carbonyl (C=O) groups excluding carboxylic acids is 1. The summed E-state index contributed by atoms with van der Waals surface area (Å²) in [5.41, 5.74) is 2.30. The zero-order chi connectivity index (χ0) is 15.8. The minimum absolute atomic E-state index is 0.0745. The summed E-state index contributed by atoms with van der Waals surface area (Å²) in [7, 11) is 0. The number of thioether (sulfide) groups is 1. The Morgan fingerprint density at radius 1 is 1.33 bits per heavy atom. The molecule has 114 valence electrons. The van der Waals surface area contributed by atoms with Crippen molar-refractivity contribution in [3.63, 3.8) is 0 Å². The Kier molecular flexibility index (Phi) is 5.12. The van der Waals surface area contributed by atoms with Crippen LogP contribution in [0, 0.1) is 17.3 Å². The van der Waals surface area contributed by atoms with Gasteiger partial charge < -0.3 is 0 Å². The van der Waals surface area contributed by atoms with Gasteiger partial charge in [-0.2, -0.15) is 0 Å². The van der Waals surface area contributed by atoms with Crippen LogP contribution in [0.4, 0.5) is 0 Å². The highest BCUT2D eigenvalue weighted by Crippen LogP contribution is 2.61. The number of carbonyl (C=O) groups is 1. The second kappa shape index (κ2) is 6.36. The van der Waals surface area contributed by atoms with Crippen LogP contribution in [0.15, 0.2) is 29.8 Å². The van der Waals surface area contributed by atoms with Crippen molar-refractivity contribution in [3.05, 3.63) is 45.5 Å². The van der Waals surface area contributed by atoms with Gasteiger partial charge in [-0.3, -0.25) is 4.79 Å². The number of hydrogen-bond acceptors (Lipinski definition) is 2. The van der Waals surface area contributed by atoms with E-state index in [1.54, 1.807) is 12.1 Å². The molecule has 2 atom stereocenters. The molecule has 0 radical (unpaired) electrons. The van der Waals surface area contributed by atoms with E-state index in [0.717, 1.165) is 5.56 Å². The Bertz CT molecular complexity index is 588. The molecule has 21 heavy (non-hydrogen) atoms. The first-order valence-corrected chi connectivity index (χ1v) is 8.73. The fourth-order valence-corrected chi connectivity index (χ4v) is 4.41. The summed E-state index contributed by atoms with van der Waals surface area (Å²) >= 11 is 13.4. The summed E-state index contributed by atoms with van der Waals surface area (Å²) in [5.74, 6) is 1.08. The van der Waals surface area contributed by atoms with Crippen LogP contribution in [0.1, 0.15) is 33.3 Å². The van der Waals surface area contributed by atoms with Crippen LogP contribution in [0.2, 0.25) is 10.0 Å². The maximum atomic E-state index is 12.4. The molecule has 1 aromatic carbocycles. The van der Waals surface area contributed by atoms with Crippen molar-refractivity contribution in [2.24, 2.45) is 17.3 Å². The van der Waals surface area contributed by atoms with Crippen molar-refractivity contribution in [1.82, 2.24) is 0 Å². The molecule has 2 rings (SSSR count). The molecular weight excluding hydrogens is 323 g/mol. The van der Waals surface area contributed by atoms with Crippen LogP contribution in [-0.4, -0.2) is 5.12 Å². The molecule has 0 N–H and O–H groups in total. The largest absolute Gasteiger partial charge is 0.287 e. The van der Waals surface area contributed by atoms with Crippen molar-refractivity contribution in [3.8, 4) is 0 Å². The third-order valence-electron chi connectivity index (χ3n) is 4.06. The van der Waals surface area contributed by atoms with E-state index >= 15 is 0 Å². The van der Waals surface area contributed by atoms with Crippen LogP contribution >= 0.6 is 35.0 Å². The molecule has 1 nitrogen and oxygen atoms in total. The Balaban J connectivity index is 1.98. The lowest BCUT2D eigenvalue weighted by Crippen LogP contribution is -2.01. The quantitative estimate of drug-likeness (QED) is 0.625. The molecule has 1 fully saturated rings. The molecule has 1 aliphatic carbocycles. The van der Waals surface area contributed by atoms with Gasteiger partial charge in [0, 0.05) is 21.7 Å². The van der Waals surface area contributed by atoms with E-state index < -0.39 is 0 Å². The lowest BCUT2D eigenvalue weighted by Gasteiger charge is -2.05. The van der Waals surface area contributed by atoms with Gasteiger partial charge >= 0.3 is 0 Å². The molecule has 1 aromatic rings. The van der Waals surface area contributed by atoms with Crippen molar-refractivity contribution in [2.45, 2.75) is 33.4 Å². The smallest absolute Gasteiger partial charge is 0.193 e. The summed E-state index contributed by atoms with van der Waals surface area (Å²) in [6.07, 6.45) is 2.22. The minimum Gasteiger partial charge on any atom is -0.287 e. The van der Waals surface area contributed by atoms with Crippen molar-refractivity contribution >= 4 is 40.1 Å². The average Bonchev–Trinajstić information content (AvgIpc) is 2.88. The van der Waals surface area contributed by atoms with E-state index in [9.17, 15) is 4.79 Å². The Labute approximate surface area is 141 Å². The minimum atomic E-state index is 0.0745. The van der Waals surface area contributed by atoms with Crippen molar-refractivity contribution in [1.29, 1.82) is 0 Å². The van der Waals surface area contributed by atoms with E-state index in [1.807, 2.05) is 6.07 Å². The van der Waals surface area contributed by atoms with Crippen LogP contribution in [0.25, 0.3) is 0 Å². The van der Waals surface area contributed by atoms with Gasteiger partial charge in [-0.15, -0.1) is 0 Å². The predicted molar refractivity (Wildman–Crippen MR) is 93.0 cm³/mol. The zero-order valence-corrected chi connectivity index (χ0v) is 15.1. The SMILES string of the molecule is CC(C)=CC1C(C(=O)SCc2ccc(Cl)cc2Cl)C1(C)C. The summed E-state index contributed by atoms with van der Waals surface area (Å²) in [4.78, 5) is 12.4. The van der Waals surface area contributed by atoms with Crippen LogP contribution in [0.3, 0.4) is 0 Å². The maximum absolute atomic E-state index is 12.4. The van der Waals surface area contributed by atoms with E-state index in [2.05, 4.69) is 33.8 Å². The molecule has 0 aliphatic heterocycles. The van der Waals surface area contributed by atoms with Crippen molar-refractivity contribution < 1.29 is 4.79 Å². The highest BCUT2D eigenvalue weighted by atomic mass is 35.5. The third-order valence-corrected chi connectivity index (χ3v) is 5.64. The van der Waals surface area contributed by atoms with Gasteiger partial charge in [-0.05, 0) is 42.9 Å². The van der Waals surface area contributed by atoms with Crippen LogP contribution in [0.5, 0.6) is 0 Å². The fourth-order valence-electron chi connectivity index (χ4n) is 2.68. The lowest BCUT2D eigenvalue weighted by atomic mass is 10.1. The molecule has 0 bridgehead atoms. The molecule has 1 saturated carbocycles. The third kappa shape index (κ3) is 3.85. The molecule has 0 aromatic heterocycles. The number of rotatable bonds is 4. The lowest BCUT2D eigenvalue weighted by molar-refractivity contribution is -0.112. The first-order valence-electron chi connectivity index (χ1n) is 6.99. The Hall–Kier alpha value is -0.440. The van der Waals surface area contributed by atoms with Crippen LogP contribution in [-0.2, 0) is 10.5 Å². The average molecular weight is 343 g/mol. The molecule has 4 heteroatoms. The van der Waals surface area contributed by atoms with E-state index in [1.165, 1.54) is 17.3 Å². The second-order valence-corrected chi connectivity index (χ2v) is 8.24. The van der Waals surface area contributed by atoms with Gasteiger partial charge in [0.05, 0.1) is 0 Å². The summed E-state index contributed by atoms with van der Waals surface area (Å²) in [6.45, 7) is 8.48. The number of benzene rings is 1. The van der Waals surface area contributed by atoms with Gasteiger partial charge in [0.2, 0.25) is 0 Å². The predicted octanol–water partition coefficient (Wildman–Crippen LogP) is 5.99. The molecule has 1 aliphatic rings. The van der Waals surface area contributed by atoms with Crippen molar-refractivity contribution in [2.75, 3.05) is 0 Å². The van der Waals surface area contributed by atoms with E-state index in [-0.39, 0.29) is 16.4 Å². The number of hydrogen-bond donors (Lipinski definition) is 0. The Morgan fingerprint density at radius 2 is 2.00 bits per heavy atom. The molecule has 0 spiro atoms. The summed E-state index contributed by atoms with van der Waals surface area (Å²) < 4.78 is 0. The summed E-state index contributed by atoms with van der Waals surface area (Å²) in [6, 6.07) is 5.41. The monoisotopic (exact) mass is 342 g/mol. The Morgan fingerprint density at radius 3 is 2.57 bits per heavy atom. The second-order valence-electron chi connectivity index (χ2n) is 6.41. The first kappa shape index (κ1) is 16.9. The molecule has 0 saturated heterocycles. The first-order chi connectivity index (χ1) is 9.73. The van der Waals surface area contributed by atoms with Gasteiger partial charge in [0.15, 0.2) is 5.12 Å². The summed E-state index contributed by atoms with van der Waals surface area (Å²) in [5, 5.41) is 1.50. The normalized spacial score (nSPS) is 22.8. The van der Waals surface area contributed by atoms with Gasteiger partial charge in [-0.25, -0.2) is 0 Å². The number of halogens is 2. The van der Waals surface area contributed by atoms with E-state index in [0.29, 0.717) is 21.7 Å². The number of allylic oxidation sites excluding steroid dienone is 2. The van der Waals surface area contributed by atoms with Gasteiger partial charge in [-0.1, -0.05) is 66.5 Å². The zero-order valence-electron chi connectivity index (χ0n) is 12.7. The maximum Gasteiger partial charge on any atom is 0.193 e. The van der Waals surface area contributed by atoms with E-state index in [4.69, 9.17) is 23.2 Å². The topological polar surface area (TPSA) is 17.1 Å². The molecular formula is C17H20Cl2OS. The molecule has 2 unspecified atom stereocenters. The molecule has 0 amide bonds. The van der Waals surface area contributed by atoms with Gasteiger partial charge in [0.25, 0.3) is 0 Å². The molecule has 0 heterocycles. The van der Waals surface area contributed by atoms with Crippen LogP contribution < -0.4 is 0 Å². The standard InChI is InChI=1S/C17H20Cl2OS/c1-10(2)7-13-15(17(13,3)4)16(20)21-9-11-5-6-12(18)8-14(11)19/h5-8,13,15H,9H2,1-4H3.